The molecule has 0 spiro atoms. The first-order valence-corrected chi connectivity index (χ1v) is 26.8. The van der Waals surface area contributed by atoms with Crippen LogP contribution in [-0.4, -0.2) is 97.1 Å². The molecule has 0 radical (unpaired) electrons. The maximum atomic E-state index is 13.4. The molecule has 12 heteroatoms. The molecule has 4 aromatic rings. The van der Waals surface area contributed by atoms with Gasteiger partial charge in [0.1, 0.15) is 5.75 Å². The average Bonchev–Trinajstić information content (AvgIpc) is 3.28. The van der Waals surface area contributed by atoms with E-state index in [9.17, 15) is 4.79 Å². The van der Waals surface area contributed by atoms with E-state index in [-0.39, 0.29) is 61.3 Å². The molecule has 7 rings (SSSR count). The van der Waals surface area contributed by atoms with E-state index in [4.69, 9.17) is 42.3 Å². The predicted octanol–water partition coefficient (Wildman–Crippen LogP) is 8.85. The van der Waals surface area contributed by atoms with Gasteiger partial charge in [-0.2, -0.15) is 0 Å². The summed E-state index contributed by atoms with van der Waals surface area (Å²) in [6, 6.07) is 38.0. The standard InChI is InChI=1S/C51H64O10SeSi/c1-51(2,3)63(5,6)61-46-31-45-48(35-57-50(60-45)38-22-24-39(53-4)25-23-38)59-42(46)28-29-55-43-30-44(56-33-37-18-12-8-13-19-37)47(34-54-32-36-16-10-7-11-17-36)58-41(43)26-27-49(52)62-40-20-14-9-15-21-40/h7-25,28-29,41-48,50H,26-27,30-35H2,1-6H3/b29-28-/t41-,42+,43+,44-,45+,46-,47+,48-,50-/m1/s1. The zero-order valence-corrected chi connectivity index (χ0v) is 40.2. The Morgan fingerprint density at radius 2 is 1.43 bits per heavy atom. The smallest absolute Gasteiger partial charge is 0.342 e. The van der Waals surface area contributed by atoms with Gasteiger partial charge >= 0.3 is 269 Å². The quantitative estimate of drug-likeness (QED) is 0.0670. The van der Waals surface area contributed by atoms with E-state index in [2.05, 4.69) is 58.1 Å². The van der Waals surface area contributed by atoms with Crippen LogP contribution in [0.4, 0.5) is 0 Å². The molecule has 0 amide bonds. The number of methoxy groups -OCH3 is 1. The third kappa shape index (κ3) is 13.5. The summed E-state index contributed by atoms with van der Waals surface area (Å²) >= 11 is -0.289. The van der Waals surface area contributed by atoms with E-state index >= 15 is 0 Å². The summed E-state index contributed by atoms with van der Waals surface area (Å²) < 4.78 is 59.8. The summed E-state index contributed by atoms with van der Waals surface area (Å²) in [7, 11) is -0.581. The minimum Gasteiger partial charge on any atom is -0.342 e. The Kier molecular flexibility index (Phi) is 16.9. The van der Waals surface area contributed by atoms with E-state index in [0.717, 1.165) is 26.9 Å². The number of benzene rings is 4. The van der Waals surface area contributed by atoms with Gasteiger partial charge in [-0.25, -0.2) is 0 Å². The SMILES string of the molecule is COc1ccc([C@@H]2OC[C@H]3O[C@@H](/C=C\O[C@H]4C[C@@H](OCc5ccccc5)[C@H](COCc5ccccc5)O[C@@H]4CCC(=O)[Se]c4ccccc4)[C@H](O[Si](C)(C)C(C)(C)C)C[C@@H]3O2)cc1. The van der Waals surface area contributed by atoms with Gasteiger partial charge in [-0.15, -0.1) is 0 Å². The van der Waals surface area contributed by atoms with Crippen LogP contribution in [0.25, 0.3) is 0 Å². The molecule has 10 nitrogen and oxygen atoms in total. The summed E-state index contributed by atoms with van der Waals surface area (Å²) in [4.78, 5) is 13.4. The second-order valence-electron chi connectivity index (χ2n) is 18.0. The Labute approximate surface area is 381 Å². The average molecular weight is 944 g/mol. The van der Waals surface area contributed by atoms with Gasteiger partial charge in [-0.1, -0.05) is 45.0 Å². The van der Waals surface area contributed by atoms with Gasteiger partial charge in [-0.05, 0) is 30.3 Å². The Balaban J connectivity index is 1.08. The van der Waals surface area contributed by atoms with E-state index in [1.807, 2.05) is 97.1 Å². The summed E-state index contributed by atoms with van der Waals surface area (Å²) in [5.41, 5.74) is 3.08. The molecule has 0 aliphatic carbocycles. The Morgan fingerprint density at radius 3 is 2.10 bits per heavy atom. The summed E-state index contributed by atoms with van der Waals surface area (Å²) in [6.07, 6.45) is 2.63. The van der Waals surface area contributed by atoms with Crippen molar-refractivity contribution in [3.63, 3.8) is 0 Å². The summed E-state index contributed by atoms with van der Waals surface area (Å²) in [5.74, 6) is 0.777. The van der Waals surface area contributed by atoms with Crippen LogP contribution in [0.15, 0.2) is 128 Å². The number of ether oxygens (including phenoxy) is 8. The summed E-state index contributed by atoms with van der Waals surface area (Å²) in [5, 5.41) is -0.0151. The van der Waals surface area contributed by atoms with E-state index in [1.54, 1.807) is 13.4 Å². The second kappa shape index (κ2) is 22.5. The fourth-order valence-electron chi connectivity index (χ4n) is 7.79. The van der Waals surface area contributed by atoms with Crippen LogP contribution in [0.5, 0.6) is 5.75 Å². The minimum atomic E-state index is -2.24. The number of carbonyl (C=O) groups excluding carboxylic acids is 1. The van der Waals surface area contributed by atoms with Gasteiger partial charge in [0.15, 0.2) is 6.29 Å². The maximum absolute atomic E-state index is 13.4. The van der Waals surface area contributed by atoms with Crippen LogP contribution in [0, 0.1) is 0 Å². The third-order valence-electron chi connectivity index (χ3n) is 12.4. The molecule has 0 bridgehead atoms. The van der Waals surface area contributed by atoms with Crippen LogP contribution in [0.2, 0.25) is 18.1 Å². The van der Waals surface area contributed by atoms with Crippen molar-refractivity contribution in [1.29, 1.82) is 0 Å². The molecule has 0 N–H and O–H groups in total. The van der Waals surface area contributed by atoms with Crippen molar-refractivity contribution < 1.29 is 47.1 Å². The first-order valence-electron chi connectivity index (χ1n) is 22.2. The first-order chi connectivity index (χ1) is 30.4. The predicted molar refractivity (Wildman–Crippen MR) is 246 cm³/mol. The molecule has 63 heavy (non-hydrogen) atoms. The van der Waals surface area contributed by atoms with Crippen molar-refractivity contribution in [3.8, 4) is 5.75 Å². The number of hydrogen-bond acceptors (Lipinski definition) is 10. The molecule has 3 fully saturated rings. The van der Waals surface area contributed by atoms with Gasteiger partial charge < -0.3 is 14.2 Å². The molecule has 4 aromatic carbocycles. The molecule has 3 aliphatic heterocycles. The number of hydrogen-bond donors (Lipinski definition) is 0. The number of rotatable bonds is 19. The van der Waals surface area contributed by atoms with Crippen LogP contribution in [0.1, 0.15) is 69.4 Å². The van der Waals surface area contributed by atoms with Crippen molar-refractivity contribution in [3.05, 3.63) is 144 Å². The first kappa shape index (κ1) is 47.3. The van der Waals surface area contributed by atoms with E-state index in [0.29, 0.717) is 52.1 Å². The number of fused-ring (bicyclic) bond motifs is 1. The van der Waals surface area contributed by atoms with Gasteiger partial charge in [-0.3, -0.25) is 0 Å². The normalized spacial score (nSPS) is 26.5. The topological polar surface area (TPSA) is 100 Å². The fourth-order valence-corrected chi connectivity index (χ4v) is 10.8. The van der Waals surface area contributed by atoms with Crippen molar-refractivity contribution in [2.24, 2.45) is 0 Å². The van der Waals surface area contributed by atoms with Gasteiger partial charge in [0.25, 0.3) is 0 Å². The Morgan fingerprint density at radius 1 is 0.762 bits per heavy atom. The van der Waals surface area contributed by atoms with E-state index in [1.165, 1.54) is 0 Å². The van der Waals surface area contributed by atoms with Crippen molar-refractivity contribution in [2.45, 2.75) is 133 Å². The van der Waals surface area contributed by atoms with Crippen LogP contribution in [-0.2, 0) is 55.6 Å². The minimum absolute atomic E-state index is 0.0151. The molecule has 3 aliphatic rings. The van der Waals surface area contributed by atoms with Gasteiger partial charge in [0.05, 0.1) is 7.11 Å². The van der Waals surface area contributed by atoms with E-state index < -0.39 is 26.8 Å². The second-order valence-corrected chi connectivity index (χ2v) is 25.1. The van der Waals surface area contributed by atoms with Crippen molar-refractivity contribution >= 4 is 32.4 Å². The zero-order chi connectivity index (χ0) is 44.2. The van der Waals surface area contributed by atoms with Crippen LogP contribution < -0.4 is 9.20 Å². The van der Waals surface area contributed by atoms with Crippen LogP contribution >= 0.6 is 0 Å². The Bertz CT molecular complexity index is 2010. The third-order valence-corrected chi connectivity index (χ3v) is 18.9. The molecule has 9 atom stereocenters. The fraction of sp³-hybridized carbons (Fsp3) is 0.471. The van der Waals surface area contributed by atoms with Gasteiger partial charge in [0.2, 0.25) is 0 Å². The molecular formula is C51H64O10SeSi. The molecular weight excluding hydrogens is 880 g/mol. The zero-order valence-electron chi connectivity index (χ0n) is 37.5. The Hall–Kier alpha value is -3.65. The van der Waals surface area contributed by atoms with Crippen molar-refractivity contribution in [2.75, 3.05) is 20.3 Å². The summed E-state index contributed by atoms with van der Waals surface area (Å²) in [6.45, 7) is 12.9. The molecule has 3 heterocycles. The molecule has 0 unspecified atom stereocenters. The molecule has 338 valence electrons. The number of carbonyl (C=O) groups is 1. The molecule has 3 saturated heterocycles. The van der Waals surface area contributed by atoms with Crippen LogP contribution in [0.3, 0.4) is 0 Å². The molecule has 0 aromatic heterocycles. The monoisotopic (exact) mass is 944 g/mol. The molecule has 0 saturated carbocycles. The van der Waals surface area contributed by atoms with Gasteiger partial charge in [0, 0.05) is 5.56 Å². The van der Waals surface area contributed by atoms with Crippen molar-refractivity contribution in [1.82, 2.24) is 0 Å².